The highest BCUT2D eigenvalue weighted by Gasteiger charge is 2.24. The van der Waals surface area contributed by atoms with Crippen LogP contribution >= 0.6 is 0 Å². The van der Waals surface area contributed by atoms with Crippen LogP contribution in [-0.2, 0) is 10.2 Å². The van der Waals surface area contributed by atoms with Crippen LogP contribution in [-0.4, -0.2) is 57.8 Å². The molecule has 0 saturated heterocycles. The van der Waals surface area contributed by atoms with Crippen LogP contribution in [0.4, 0.5) is 25.3 Å². The predicted octanol–water partition coefficient (Wildman–Crippen LogP) is 3.18. The second-order valence-corrected chi connectivity index (χ2v) is 8.16. The molecule has 3 aromatic rings. The van der Waals surface area contributed by atoms with Gasteiger partial charge >= 0.3 is 12.7 Å². The second kappa shape index (κ2) is 10.3. The average molecular weight is 476 g/mol. The molecule has 0 aliphatic heterocycles. The van der Waals surface area contributed by atoms with Gasteiger partial charge in [-0.15, -0.1) is 0 Å². The van der Waals surface area contributed by atoms with Gasteiger partial charge in [-0.25, -0.2) is 24.7 Å². The third kappa shape index (κ3) is 6.05. The van der Waals surface area contributed by atoms with Crippen molar-refractivity contribution in [3.05, 3.63) is 30.4 Å². The summed E-state index contributed by atoms with van der Waals surface area (Å²) in [4.78, 5) is 31.8. The number of H-pyrrole nitrogens is 1. The van der Waals surface area contributed by atoms with Crippen LogP contribution in [0.1, 0.15) is 26.6 Å². The first-order valence-electron chi connectivity index (χ1n) is 10.3. The number of methoxy groups -OCH3 is 1. The van der Waals surface area contributed by atoms with Crippen molar-refractivity contribution in [2.75, 3.05) is 31.2 Å². The van der Waals surface area contributed by atoms with Crippen molar-refractivity contribution in [3.63, 3.8) is 0 Å². The number of nitrogen functional groups attached to an aromatic ring is 1. The van der Waals surface area contributed by atoms with E-state index < -0.39 is 12.7 Å². The number of imidazole rings is 1. The number of aromatic nitrogens is 5. The van der Waals surface area contributed by atoms with E-state index in [1.165, 1.54) is 19.4 Å². The summed E-state index contributed by atoms with van der Waals surface area (Å²) < 4.78 is 34.6. The summed E-state index contributed by atoms with van der Waals surface area (Å²) in [5, 5.41) is 5.55. The average Bonchev–Trinajstić information content (AvgIpc) is 3.24. The molecule has 34 heavy (non-hydrogen) atoms. The maximum atomic E-state index is 12.8. The monoisotopic (exact) mass is 476 g/mol. The zero-order valence-corrected chi connectivity index (χ0v) is 19.1. The summed E-state index contributed by atoms with van der Waals surface area (Å²) in [6.07, 6.45) is 2.45. The van der Waals surface area contributed by atoms with Crippen molar-refractivity contribution in [2.24, 2.45) is 0 Å². The van der Waals surface area contributed by atoms with E-state index in [0.717, 1.165) is 0 Å². The number of pyridine rings is 1. The third-order valence-corrected chi connectivity index (χ3v) is 4.56. The van der Waals surface area contributed by atoms with Crippen molar-refractivity contribution < 1.29 is 23.0 Å². The fourth-order valence-electron chi connectivity index (χ4n) is 2.89. The van der Waals surface area contributed by atoms with Crippen LogP contribution in [0.25, 0.3) is 22.6 Å². The Kier molecular flexibility index (Phi) is 7.44. The van der Waals surface area contributed by atoms with Gasteiger partial charge in [-0.1, -0.05) is 20.8 Å². The number of halogens is 2. The van der Waals surface area contributed by atoms with Crippen LogP contribution in [0.3, 0.4) is 0 Å². The summed E-state index contributed by atoms with van der Waals surface area (Å²) in [5.74, 6) is 0.563. The summed E-state index contributed by atoms with van der Waals surface area (Å²) >= 11 is 0. The fraction of sp³-hybridized carbons (Fsp3) is 0.381. The minimum atomic E-state index is -3.05. The van der Waals surface area contributed by atoms with Gasteiger partial charge in [-0.2, -0.15) is 8.78 Å². The van der Waals surface area contributed by atoms with E-state index >= 15 is 0 Å². The number of amides is 1. The first kappa shape index (κ1) is 24.6. The number of alkyl halides is 2. The number of carbonyl (C=O) groups excluding carboxylic acids is 1. The molecule has 11 nitrogen and oxygen atoms in total. The summed E-state index contributed by atoms with van der Waals surface area (Å²) in [7, 11) is 1.28. The molecule has 3 rings (SSSR count). The molecule has 0 spiro atoms. The maximum absolute atomic E-state index is 12.8. The number of hydrogen-bond donors (Lipinski definition) is 4. The molecule has 0 unspecified atom stereocenters. The summed E-state index contributed by atoms with van der Waals surface area (Å²) in [5.41, 5.74) is 7.24. The molecule has 1 amide bonds. The maximum Gasteiger partial charge on any atom is 0.406 e. The Morgan fingerprint density at radius 3 is 2.68 bits per heavy atom. The molecule has 3 aromatic heterocycles. The highest BCUT2D eigenvalue weighted by molar-refractivity contribution is 5.78. The van der Waals surface area contributed by atoms with E-state index in [1.807, 2.05) is 20.8 Å². The summed E-state index contributed by atoms with van der Waals surface area (Å²) in [6, 6.07) is 3.04. The molecule has 13 heteroatoms. The molecule has 182 valence electrons. The van der Waals surface area contributed by atoms with E-state index in [4.69, 9.17) is 10.7 Å². The Bertz CT molecular complexity index is 1150. The number of nitrogens with two attached hydrogens (primary N) is 1. The van der Waals surface area contributed by atoms with Gasteiger partial charge in [0.2, 0.25) is 5.95 Å². The van der Waals surface area contributed by atoms with Crippen molar-refractivity contribution in [1.29, 1.82) is 0 Å². The number of nitrogens with one attached hydrogen (secondary N) is 3. The molecule has 0 aromatic carbocycles. The zero-order chi connectivity index (χ0) is 24.9. The third-order valence-electron chi connectivity index (χ3n) is 4.56. The lowest BCUT2D eigenvalue weighted by atomic mass is 9.96. The lowest BCUT2D eigenvalue weighted by molar-refractivity contribution is -0.0494. The predicted molar refractivity (Wildman–Crippen MR) is 121 cm³/mol. The lowest BCUT2D eigenvalue weighted by Gasteiger charge is -2.14. The fourth-order valence-corrected chi connectivity index (χ4v) is 2.89. The van der Waals surface area contributed by atoms with Crippen molar-refractivity contribution in [1.82, 2.24) is 30.2 Å². The molecule has 0 aliphatic rings. The number of alkyl carbamates (subject to hydrolysis) is 1. The smallest absolute Gasteiger partial charge is 0.406 e. The van der Waals surface area contributed by atoms with E-state index in [-0.39, 0.29) is 17.0 Å². The van der Waals surface area contributed by atoms with Gasteiger partial charge < -0.3 is 30.8 Å². The van der Waals surface area contributed by atoms with Crippen LogP contribution in [0.15, 0.2) is 24.5 Å². The van der Waals surface area contributed by atoms with E-state index in [1.54, 1.807) is 12.3 Å². The zero-order valence-electron chi connectivity index (χ0n) is 19.1. The molecule has 0 bridgehead atoms. The van der Waals surface area contributed by atoms with Gasteiger partial charge in [0.15, 0.2) is 11.6 Å². The van der Waals surface area contributed by atoms with Gasteiger partial charge in [0.1, 0.15) is 5.82 Å². The van der Waals surface area contributed by atoms with Crippen LogP contribution in [0, 0.1) is 0 Å². The Balaban J connectivity index is 1.96. The minimum Gasteiger partial charge on any atom is -0.453 e. The Hall–Kier alpha value is -4.03. The number of anilines is 2. The van der Waals surface area contributed by atoms with Gasteiger partial charge in [0, 0.05) is 36.5 Å². The number of nitrogens with zero attached hydrogens (tertiary/aromatic N) is 4. The quantitative estimate of drug-likeness (QED) is 0.359. The minimum absolute atomic E-state index is 0.161. The number of ether oxygens (including phenoxy) is 2. The Morgan fingerprint density at radius 1 is 1.24 bits per heavy atom. The first-order chi connectivity index (χ1) is 16.1. The number of carbonyl (C=O) groups is 1. The summed E-state index contributed by atoms with van der Waals surface area (Å²) in [6.45, 7) is 3.55. The van der Waals surface area contributed by atoms with Crippen LogP contribution < -0.4 is 21.1 Å². The van der Waals surface area contributed by atoms with Gasteiger partial charge in [-0.05, 0) is 12.1 Å². The molecule has 5 N–H and O–H groups in total. The SMILES string of the molecule is COC(=O)NCCNc1nccc(-c2[nH]c(C(C)(C)C)nc2-c2cnc(N)c(OC(F)F)c2)n1. The van der Waals surface area contributed by atoms with Crippen molar-refractivity contribution >= 4 is 17.9 Å². The number of aromatic amines is 1. The number of rotatable bonds is 8. The van der Waals surface area contributed by atoms with Crippen LogP contribution in [0.5, 0.6) is 5.75 Å². The number of hydrogen-bond acceptors (Lipinski definition) is 9. The normalized spacial score (nSPS) is 11.4. The topological polar surface area (TPSA) is 153 Å². The Morgan fingerprint density at radius 2 is 2.00 bits per heavy atom. The van der Waals surface area contributed by atoms with Crippen molar-refractivity contribution in [3.8, 4) is 28.4 Å². The molecule has 3 heterocycles. The molecule has 0 fully saturated rings. The van der Waals surface area contributed by atoms with Gasteiger partial charge in [0.25, 0.3) is 0 Å². The lowest BCUT2D eigenvalue weighted by Crippen LogP contribution is -2.28. The molecule has 0 saturated carbocycles. The van der Waals surface area contributed by atoms with E-state index in [0.29, 0.717) is 47.5 Å². The standard InChI is InChI=1S/C21H26F2N8O3/c1-21(2,3)17-30-14(11-9-13(34-18(22)23)16(24)28-10-11)15(31-17)12-5-6-25-19(29-12)26-7-8-27-20(32)33-4/h5-6,9-10,18H,7-8H2,1-4H3,(H2,24,28)(H,27,32)(H,30,31)(H,25,26,29). The molecule has 0 atom stereocenters. The van der Waals surface area contributed by atoms with Crippen molar-refractivity contribution in [2.45, 2.75) is 32.8 Å². The molecular weight excluding hydrogens is 450 g/mol. The molecule has 0 aliphatic carbocycles. The highest BCUT2D eigenvalue weighted by Crippen LogP contribution is 2.35. The second-order valence-electron chi connectivity index (χ2n) is 8.16. The Labute approximate surface area is 194 Å². The molecular formula is C21H26F2N8O3. The van der Waals surface area contributed by atoms with Crippen LogP contribution in [0.2, 0.25) is 0 Å². The van der Waals surface area contributed by atoms with E-state index in [2.05, 4.69) is 40.0 Å². The molecule has 0 radical (unpaired) electrons. The van der Waals surface area contributed by atoms with Gasteiger partial charge in [0.05, 0.1) is 24.2 Å². The highest BCUT2D eigenvalue weighted by atomic mass is 19.3. The first-order valence-corrected chi connectivity index (χ1v) is 10.3. The van der Waals surface area contributed by atoms with Gasteiger partial charge in [-0.3, -0.25) is 0 Å². The van der Waals surface area contributed by atoms with E-state index in [9.17, 15) is 13.6 Å². The largest absolute Gasteiger partial charge is 0.453 e.